The first-order chi connectivity index (χ1) is 8.53. The molecule has 0 radical (unpaired) electrons. The first kappa shape index (κ1) is 14.7. The Labute approximate surface area is 108 Å². The summed E-state index contributed by atoms with van der Waals surface area (Å²) in [5, 5.41) is 27.3. The highest BCUT2D eigenvalue weighted by Crippen LogP contribution is 2.17. The van der Waals surface area contributed by atoms with Crippen molar-refractivity contribution in [3.63, 3.8) is 0 Å². The van der Waals surface area contributed by atoms with Gasteiger partial charge in [0.25, 0.3) is 0 Å². The van der Waals surface area contributed by atoms with Crippen LogP contribution in [0.2, 0.25) is 0 Å². The van der Waals surface area contributed by atoms with Crippen molar-refractivity contribution in [2.24, 2.45) is 5.41 Å². The second-order valence-electron chi connectivity index (χ2n) is 5.11. The van der Waals surface area contributed by atoms with Crippen molar-refractivity contribution in [2.75, 3.05) is 26.8 Å². The highest BCUT2D eigenvalue weighted by atomic mass is 16.3. The number of nitriles is 1. The molecular formula is C14H20N2O2. The summed E-state index contributed by atoms with van der Waals surface area (Å²) >= 11 is 0. The van der Waals surface area contributed by atoms with Gasteiger partial charge in [-0.25, -0.2) is 0 Å². The Morgan fingerprint density at radius 1 is 1.33 bits per heavy atom. The molecule has 1 aromatic rings. The average molecular weight is 248 g/mol. The zero-order valence-electron chi connectivity index (χ0n) is 10.9. The van der Waals surface area contributed by atoms with Crippen molar-refractivity contribution in [1.29, 1.82) is 5.26 Å². The van der Waals surface area contributed by atoms with Crippen LogP contribution in [0, 0.1) is 16.7 Å². The van der Waals surface area contributed by atoms with E-state index >= 15 is 0 Å². The lowest BCUT2D eigenvalue weighted by Gasteiger charge is -2.30. The fourth-order valence-electron chi connectivity index (χ4n) is 1.91. The van der Waals surface area contributed by atoms with Crippen molar-refractivity contribution in [3.05, 3.63) is 35.4 Å². The molecule has 0 spiro atoms. The second kappa shape index (κ2) is 6.50. The van der Waals surface area contributed by atoms with Gasteiger partial charge in [-0.15, -0.1) is 0 Å². The standard InChI is InChI=1S/C14H20N2O2/c1-14(10-17,11-18)9-16(2)8-13-5-3-4-12(6-13)7-15/h3-6,17-18H,8-11H2,1-2H3. The van der Waals surface area contributed by atoms with E-state index < -0.39 is 5.41 Å². The summed E-state index contributed by atoms with van der Waals surface area (Å²) in [6.45, 7) is 3.02. The van der Waals surface area contributed by atoms with Crippen LogP contribution in [0.1, 0.15) is 18.1 Å². The van der Waals surface area contributed by atoms with Gasteiger partial charge in [-0.1, -0.05) is 19.1 Å². The summed E-state index contributed by atoms with van der Waals surface area (Å²) in [7, 11) is 1.93. The molecule has 0 unspecified atom stereocenters. The molecular weight excluding hydrogens is 228 g/mol. The monoisotopic (exact) mass is 248 g/mol. The molecule has 0 amide bonds. The fourth-order valence-corrected chi connectivity index (χ4v) is 1.91. The molecule has 4 nitrogen and oxygen atoms in total. The van der Waals surface area contributed by atoms with Gasteiger partial charge in [0, 0.05) is 18.5 Å². The van der Waals surface area contributed by atoms with Crippen molar-refractivity contribution < 1.29 is 10.2 Å². The molecule has 0 aliphatic carbocycles. The van der Waals surface area contributed by atoms with Gasteiger partial charge in [0.05, 0.1) is 24.8 Å². The minimum atomic E-state index is -0.498. The maximum Gasteiger partial charge on any atom is 0.0991 e. The fraction of sp³-hybridized carbons (Fsp3) is 0.500. The molecule has 2 N–H and O–H groups in total. The molecule has 4 heteroatoms. The third-order valence-corrected chi connectivity index (χ3v) is 2.92. The van der Waals surface area contributed by atoms with Crippen LogP contribution in [0.3, 0.4) is 0 Å². The lowest BCUT2D eigenvalue weighted by atomic mass is 9.92. The van der Waals surface area contributed by atoms with Crippen LogP contribution in [0.5, 0.6) is 0 Å². The predicted octanol–water partition coefficient (Wildman–Crippen LogP) is 0.981. The molecule has 0 bridgehead atoms. The third-order valence-electron chi connectivity index (χ3n) is 2.92. The topological polar surface area (TPSA) is 67.5 Å². The highest BCUT2D eigenvalue weighted by molar-refractivity contribution is 5.32. The SMILES string of the molecule is CN(Cc1cccc(C#N)c1)CC(C)(CO)CO. The summed E-state index contributed by atoms with van der Waals surface area (Å²) in [5.74, 6) is 0. The molecule has 0 saturated carbocycles. The Hall–Kier alpha value is -1.41. The quantitative estimate of drug-likeness (QED) is 0.787. The molecule has 18 heavy (non-hydrogen) atoms. The first-order valence-electron chi connectivity index (χ1n) is 5.92. The van der Waals surface area contributed by atoms with Crippen molar-refractivity contribution in [1.82, 2.24) is 4.90 Å². The molecule has 1 aromatic carbocycles. The van der Waals surface area contributed by atoms with Gasteiger partial charge in [0.2, 0.25) is 0 Å². The summed E-state index contributed by atoms with van der Waals surface area (Å²) in [4.78, 5) is 2.03. The molecule has 0 aliphatic heterocycles. The maximum absolute atomic E-state index is 9.25. The van der Waals surface area contributed by atoms with Gasteiger partial charge in [-0.05, 0) is 24.7 Å². The van der Waals surface area contributed by atoms with Gasteiger partial charge >= 0.3 is 0 Å². The van der Waals surface area contributed by atoms with Crippen LogP contribution in [0.4, 0.5) is 0 Å². The minimum Gasteiger partial charge on any atom is -0.396 e. The Kier molecular flexibility index (Phi) is 5.29. The summed E-state index contributed by atoms with van der Waals surface area (Å²) in [6.07, 6.45) is 0. The number of rotatable bonds is 6. The van der Waals surface area contributed by atoms with E-state index in [1.165, 1.54) is 0 Å². The lowest BCUT2D eigenvalue weighted by molar-refractivity contribution is 0.0402. The van der Waals surface area contributed by atoms with E-state index in [0.29, 0.717) is 18.7 Å². The largest absolute Gasteiger partial charge is 0.396 e. The van der Waals surface area contributed by atoms with Crippen molar-refractivity contribution >= 4 is 0 Å². The average Bonchev–Trinajstić information content (AvgIpc) is 2.38. The smallest absolute Gasteiger partial charge is 0.0991 e. The van der Waals surface area contributed by atoms with Gasteiger partial charge < -0.3 is 15.1 Å². The van der Waals surface area contributed by atoms with Crippen LogP contribution < -0.4 is 0 Å². The van der Waals surface area contributed by atoms with E-state index in [-0.39, 0.29) is 13.2 Å². The van der Waals surface area contributed by atoms with E-state index in [0.717, 1.165) is 5.56 Å². The third kappa shape index (κ3) is 4.11. The molecule has 0 atom stereocenters. The Morgan fingerprint density at radius 2 is 2.00 bits per heavy atom. The van der Waals surface area contributed by atoms with Crippen LogP contribution in [0.25, 0.3) is 0 Å². The van der Waals surface area contributed by atoms with E-state index in [1.807, 2.05) is 37.1 Å². The zero-order chi connectivity index (χ0) is 13.6. The number of benzene rings is 1. The number of hydrogen-bond donors (Lipinski definition) is 2. The summed E-state index contributed by atoms with van der Waals surface area (Å²) < 4.78 is 0. The van der Waals surface area contributed by atoms with E-state index in [9.17, 15) is 10.2 Å². The lowest BCUT2D eigenvalue weighted by Crippen LogP contribution is -2.38. The second-order valence-corrected chi connectivity index (χ2v) is 5.11. The van der Waals surface area contributed by atoms with Gasteiger partial charge in [-0.2, -0.15) is 5.26 Å². The number of hydrogen-bond acceptors (Lipinski definition) is 4. The highest BCUT2D eigenvalue weighted by Gasteiger charge is 2.24. The zero-order valence-corrected chi connectivity index (χ0v) is 10.9. The normalized spacial score (nSPS) is 11.6. The van der Waals surface area contributed by atoms with Crippen LogP contribution in [0.15, 0.2) is 24.3 Å². The van der Waals surface area contributed by atoms with Gasteiger partial charge in [0.15, 0.2) is 0 Å². The van der Waals surface area contributed by atoms with E-state index in [4.69, 9.17) is 5.26 Å². The van der Waals surface area contributed by atoms with Gasteiger partial charge in [-0.3, -0.25) is 0 Å². The van der Waals surface area contributed by atoms with Crippen LogP contribution in [-0.2, 0) is 6.54 Å². The van der Waals surface area contributed by atoms with Crippen molar-refractivity contribution in [2.45, 2.75) is 13.5 Å². The number of aliphatic hydroxyl groups is 2. The van der Waals surface area contributed by atoms with E-state index in [2.05, 4.69) is 6.07 Å². The Bertz CT molecular complexity index is 422. The molecule has 98 valence electrons. The van der Waals surface area contributed by atoms with Crippen LogP contribution in [-0.4, -0.2) is 41.9 Å². The number of aliphatic hydroxyl groups excluding tert-OH is 2. The van der Waals surface area contributed by atoms with Crippen LogP contribution >= 0.6 is 0 Å². The molecule has 0 aromatic heterocycles. The van der Waals surface area contributed by atoms with Gasteiger partial charge in [0.1, 0.15) is 0 Å². The molecule has 1 rings (SSSR count). The summed E-state index contributed by atoms with van der Waals surface area (Å²) in [5.41, 5.74) is 1.20. The number of nitrogens with zero attached hydrogens (tertiary/aromatic N) is 2. The minimum absolute atomic E-state index is 0.0495. The Morgan fingerprint density at radius 3 is 2.56 bits per heavy atom. The Balaban J connectivity index is 2.64. The predicted molar refractivity (Wildman–Crippen MR) is 69.8 cm³/mol. The molecule has 0 saturated heterocycles. The summed E-state index contributed by atoms with van der Waals surface area (Å²) in [6, 6.07) is 9.56. The first-order valence-corrected chi connectivity index (χ1v) is 5.92. The molecule has 0 heterocycles. The van der Waals surface area contributed by atoms with Crippen molar-refractivity contribution in [3.8, 4) is 6.07 Å². The van der Waals surface area contributed by atoms with E-state index in [1.54, 1.807) is 6.07 Å². The maximum atomic E-state index is 9.25. The molecule has 0 aliphatic rings. The molecule has 0 fully saturated rings.